The van der Waals surface area contributed by atoms with Crippen LogP contribution in [0.5, 0.6) is 0 Å². The first-order valence-electron chi connectivity index (χ1n) is 11.6. The minimum absolute atomic E-state index is 0.123. The first-order valence-corrected chi connectivity index (χ1v) is 12.5. The molecular weight excluding hydrogens is 387 g/mol. The second kappa shape index (κ2) is 9.92. The fourth-order valence-corrected chi connectivity index (χ4v) is 6.15. The van der Waals surface area contributed by atoms with Crippen LogP contribution in [0.25, 0.3) is 21.6 Å². The molecule has 3 aromatic rings. The normalized spacial score (nSPS) is 18.8. The van der Waals surface area contributed by atoms with Gasteiger partial charge in [0.2, 0.25) is 0 Å². The van der Waals surface area contributed by atoms with E-state index in [-0.39, 0.29) is 5.82 Å². The molecule has 2 aromatic carbocycles. The van der Waals surface area contributed by atoms with Crippen molar-refractivity contribution in [3.05, 3.63) is 70.9 Å². The van der Waals surface area contributed by atoms with Crippen molar-refractivity contribution in [2.45, 2.75) is 65.2 Å². The first-order chi connectivity index (χ1) is 14.7. The lowest BCUT2D eigenvalue weighted by Gasteiger charge is -2.09. The van der Waals surface area contributed by atoms with Gasteiger partial charge >= 0.3 is 0 Å². The largest absolute Gasteiger partial charge is 0.206 e. The van der Waals surface area contributed by atoms with Crippen molar-refractivity contribution >= 4 is 11.3 Å². The zero-order valence-electron chi connectivity index (χ0n) is 18.3. The summed E-state index contributed by atoms with van der Waals surface area (Å²) < 4.78 is 15.0. The molecule has 0 saturated heterocycles. The Bertz CT molecular complexity index is 953. The van der Waals surface area contributed by atoms with Gasteiger partial charge in [-0.2, -0.15) is 0 Å². The lowest BCUT2D eigenvalue weighted by Crippen LogP contribution is -1.99. The highest BCUT2D eigenvalue weighted by atomic mass is 32.1. The molecule has 2 atom stereocenters. The number of rotatable bonds is 8. The van der Waals surface area contributed by atoms with Gasteiger partial charge in [0.15, 0.2) is 0 Å². The summed E-state index contributed by atoms with van der Waals surface area (Å²) in [6.45, 7) is 4.48. The molecule has 1 fully saturated rings. The number of hydrogen-bond acceptors (Lipinski definition) is 1. The van der Waals surface area contributed by atoms with Gasteiger partial charge in [-0.3, -0.25) is 0 Å². The Hall–Kier alpha value is -1.93. The molecule has 0 N–H and O–H groups in total. The molecule has 158 valence electrons. The van der Waals surface area contributed by atoms with E-state index in [1.807, 2.05) is 6.07 Å². The Kier molecular flexibility index (Phi) is 7.04. The van der Waals surface area contributed by atoms with E-state index in [2.05, 4.69) is 56.3 Å². The second-order valence-corrected chi connectivity index (χ2v) is 10.1. The Labute approximate surface area is 185 Å². The van der Waals surface area contributed by atoms with Crippen molar-refractivity contribution in [3.8, 4) is 21.6 Å². The van der Waals surface area contributed by atoms with Crippen LogP contribution in [0.2, 0.25) is 0 Å². The molecule has 2 heteroatoms. The van der Waals surface area contributed by atoms with E-state index in [0.29, 0.717) is 0 Å². The fourth-order valence-electron chi connectivity index (χ4n) is 5.00. The summed E-state index contributed by atoms with van der Waals surface area (Å²) in [5, 5.41) is 0. The average molecular weight is 421 g/mol. The summed E-state index contributed by atoms with van der Waals surface area (Å²) in [6, 6.07) is 18.5. The van der Waals surface area contributed by atoms with Crippen LogP contribution in [0, 0.1) is 17.7 Å². The van der Waals surface area contributed by atoms with E-state index < -0.39 is 0 Å². The van der Waals surface area contributed by atoms with Crippen LogP contribution in [0.4, 0.5) is 4.39 Å². The standard InChI is InChI=1S/C28H33FS/c1-3-5-20-9-11-23(12-10-20)24-13-15-26(27(29)19-24)28-16-14-25(30-28)18-22-8-7-21(17-22)6-4-2/h9-16,19,21-22H,3-8,17-18H2,1-2H3. The smallest absolute Gasteiger partial charge is 0.132 e. The fraction of sp³-hybridized carbons (Fsp3) is 0.429. The Morgan fingerprint density at radius 1 is 0.867 bits per heavy atom. The first kappa shape index (κ1) is 21.3. The van der Waals surface area contributed by atoms with Crippen LogP contribution >= 0.6 is 11.3 Å². The number of aryl methyl sites for hydroxylation is 1. The van der Waals surface area contributed by atoms with Gasteiger partial charge in [-0.05, 0) is 78.5 Å². The predicted octanol–water partition coefficient (Wildman–Crippen LogP) is 8.93. The van der Waals surface area contributed by atoms with Crippen LogP contribution in [-0.4, -0.2) is 0 Å². The Morgan fingerprint density at radius 3 is 2.37 bits per heavy atom. The molecular formula is C28H33FS. The minimum Gasteiger partial charge on any atom is -0.206 e. The number of hydrogen-bond donors (Lipinski definition) is 0. The monoisotopic (exact) mass is 420 g/mol. The van der Waals surface area contributed by atoms with Crippen molar-refractivity contribution in [1.29, 1.82) is 0 Å². The van der Waals surface area contributed by atoms with E-state index in [9.17, 15) is 4.39 Å². The summed E-state index contributed by atoms with van der Waals surface area (Å²) >= 11 is 1.77. The molecule has 0 spiro atoms. The zero-order chi connectivity index (χ0) is 20.9. The topological polar surface area (TPSA) is 0 Å². The van der Waals surface area contributed by atoms with Gasteiger partial charge in [-0.15, -0.1) is 11.3 Å². The molecule has 2 unspecified atom stereocenters. The third kappa shape index (κ3) is 5.03. The highest BCUT2D eigenvalue weighted by Gasteiger charge is 2.24. The van der Waals surface area contributed by atoms with Gasteiger partial charge in [0.1, 0.15) is 5.82 Å². The maximum absolute atomic E-state index is 15.0. The SMILES string of the molecule is CCCc1ccc(-c2ccc(-c3ccc(CC4CCC(CCC)C4)s3)c(F)c2)cc1. The number of thiophene rings is 1. The lowest BCUT2D eigenvalue weighted by atomic mass is 9.98. The van der Waals surface area contributed by atoms with Crippen LogP contribution in [0.1, 0.15) is 62.8 Å². The summed E-state index contributed by atoms with van der Waals surface area (Å²) in [5.41, 5.74) is 4.10. The molecule has 4 rings (SSSR count). The summed E-state index contributed by atoms with van der Waals surface area (Å²) in [5.74, 6) is 1.62. The van der Waals surface area contributed by atoms with Gasteiger partial charge < -0.3 is 0 Å². The summed E-state index contributed by atoms with van der Waals surface area (Å²) in [4.78, 5) is 2.46. The van der Waals surface area contributed by atoms with Crippen molar-refractivity contribution < 1.29 is 4.39 Å². The van der Waals surface area contributed by atoms with Crippen LogP contribution in [-0.2, 0) is 12.8 Å². The molecule has 0 nitrogen and oxygen atoms in total. The highest BCUT2D eigenvalue weighted by molar-refractivity contribution is 7.15. The number of benzene rings is 2. The van der Waals surface area contributed by atoms with Crippen molar-refractivity contribution in [2.24, 2.45) is 11.8 Å². The van der Waals surface area contributed by atoms with E-state index in [1.165, 1.54) is 42.5 Å². The Balaban J connectivity index is 1.45. The second-order valence-electron chi connectivity index (χ2n) is 8.95. The molecule has 1 saturated carbocycles. The van der Waals surface area contributed by atoms with Gasteiger partial charge in [0.05, 0.1) is 0 Å². The van der Waals surface area contributed by atoms with Crippen molar-refractivity contribution in [2.75, 3.05) is 0 Å². The zero-order valence-corrected chi connectivity index (χ0v) is 19.1. The quantitative estimate of drug-likeness (QED) is 0.341. The highest BCUT2D eigenvalue weighted by Crippen LogP contribution is 2.38. The van der Waals surface area contributed by atoms with Gasteiger partial charge in [-0.25, -0.2) is 4.39 Å². The molecule has 1 aliphatic rings. The molecule has 0 radical (unpaired) electrons. The van der Waals surface area contributed by atoms with Crippen LogP contribution < -0.4 is 0 Å². The third-order valence-corrected chi connectivity index (χ3v) is 7.70. The van der Waals surface area contributed by atoms with Crippen molar-refractivity contribution in [1.82, 2.24) is 0 Å². The van der Waals surface area contributed by atoms with E-state index in [0.717, 1.165) is 52.7 Å². The average Bonchev–Trinajstić information content (AvgIpc) is 3.39. The van der Waals surface area contributed by atoms with Gasteiger partial charge in [0, 0.05) is 15.3 Å². The van der Waals surface area contributed by atoms with Crippen LogP contribution in [0.3, 0.4) is 0 Å². The van der Waals surface area contributed by atoms with E-state index in [4.69, 9.17) is 0 Å². The number of halogens is 1. The van der Waals surface area contributed by atoms with Gasteiger partial charge in [0.25, 0.3) is 0 Å². The Morgan fingerprint density at radius 2 is 1.63 bits per heavy atom. The summed E-state index contributed by atoms with van der Waals surface area (Å²) in [7, 11) is 0. The third-order valence-electron chi connectivity index (χ3n) is 6.56. The molecule has 30 heavy (non-hydrogen) atoms. The maximum Gasteiger partial charge on any atom is 0.132 e. The van der Waals surface area contributed by atoms with Gasteiger partial charge in [-0.1, -0.05) is 69.9 Å². The van der Waals surface area contributed by atoms with E-state index >= 15 is 0 Å². The molecule has 1 heterocycles. The maximum atomic E-state index is 15.0. The summed E-state index contributed by atoms with van der Waals surface area (Å²) in [6.07, 6.45) is 10.2. The molecule has 0 amide bonds. The molecule has 0 aliphatic heterocycles. The molecule has 1 aromatic heterocycles. The minimum atomic E-state index is -0.123. The lowest BCUT2D eigenvalue weighted by molar-refractivity contribution is 0.460. The predicted molar refractivity (Wildman–Crippen MR) is 129 cm³/mol. The van der Waals surface area contributed by atoms with E-state index in [1.54, 1.807) is 17.4 Å². The molecule has 1 aliphatic carbocycles. The van der Waals surface area contributed by atoms with Crippen molar-refractivity contribution in [3.63, 3.8) is 0 Å². The molecule has 0 bridgehead atoms. The van der Waals surface area contributed by atoms with Crippen LogP contribution in [0.15, 0.2) is 54.6 Å².